The number of aryl methyl sites for hydroxylation is 1. The number of aromatic nitrogens is 3. The predicted octanol–water partition coefficient (Wildman–Crippen LogP) is 4.94. The van der Waals surface area contributed by atoms with Gasteiger partial charge in [0.25, 0.3) is 0 Å². The normalized spacial score (nSPS) is 11.3. The number of rotatable bonds is 5. The van der Waals surface area contributed by atoms with Crippen molar-refractivity contribution in [2.45, 2.75) is 17.8 Å². The van der Waals surface area contributed by atoms with E-state index in [1.165, 1.54) is 23.9 Å². The predicted molar refractivity (Wildman–Crippen MR) is 118 cm³/mol. The van der Waals surface area contributed by atoms with E-state index in [1.54, 1.807) is 18.4 Å². The third-order valence-corrected chi connectivity index (χ3v) is 5.90. The topological polar surface area (TPSA) is 94.3 Å². The highest BCUT2D eigenvalue weighted by atomic mass is 32.2. The molecule has 0 unspecified atom stereocenters. The van der Waals surface area contributed by atoms with E-state index in [1.807, 2.05) is 47.9 Å². The van der Waals surface area contributed by atoms with Gasteiger partial charge in [-0.3, -0.25) is 4.57 Å². The van der Waals surface area contributed by atoms with E-state index in [2.05, 4.69) is 10.2 Å². The Hall–Kier alpha value is -3.78. The molecule has 0 bridgehead atoms. The largest absolute Gasteiger partial charge is 0.508 e. The number of fused-ring (bicyclic) bond motifs is 1. The lowest BCUT2D eigenvalue weighted by molar-refractivity contribution is 0.473. The Morgan fingerprint density at radius 1 is 1.06 bits per heavy atom. The first-order valence-corrected chi connectivity index (χ1v) is 10.5. The molecule has 0 amide bonds. The average molecular weight is 431 g/mol. The van der Waals surface area contributed by atoms with Crippen LogP contribution in [0.5, 0.6) is 5.75 Å². The number of hydrogen-bond acceptors (Lipinski definition) is 7. The minimum atomic E-state index is -0.465. The van der Waals surface area contributed by atoms with Crippen LogP contribution in [0.15, 0.2) is 85.7 Å². The molecule has 3 aromatic heterocycles. The standard InChI is InChI=1S/C23H17N3O4S/c1-14-18(9-10-29-14)22-24-25-23(26(22)16-5-3-2-4-6-16)31-13-15-11-21(28)30-20-12-17(27)7-8-19(15)20/h2-12,27H,13H2,1H3. The Balaban J connectivity index is 1.57. The second kappa shape index (κ2) is 7.81. The van der Waals surface area contributed by atoms with Crippen LogP contribution in [0.25, 0.3) is 28.0 Å². The van der Waals surface area contributed by atoms with E-state index in [9.17, 15) is 9.90 Å². The first-order chi connectivity index (χ1) is 15.1. The molecule has 5 aromatic rings. The van der Waals surface area contributed by atoms with Crippen LogP contribution in [0, 0.1) is 6.92 Å². The minimum Gasteiger partial charge on any atom is -0.508 e. The third kappa shape index (κ3) is 3.62. The van der Waals surface area contributed by atoms with E-state index >= 15 is 0 Å². The molecular weight excluding hydrogens is 414 g/mol. The zero-order chi connectivity index (χ0) is 21.4. The highest BCUT2D eigenvalue weighted by Gasteiger charge is 2.19. The molecule has 0 fully saturated rings. The summed E-state index contributed by atoms with van der Waals surface area (Å²) in [5.41, 5.74) is 2.47. The molecular formula is C23H17N3O4S. The van der Waals surface area contributed by atoms with Gasteiger partial charge in [0.1, 0.15) is 17.1 Å². The SMILES string of the molecule is Cc1occc1-c1nnc(SCc2cc(=O)oc3cc(O)ccc23)n1-c1ccccc1. The van der Waals surface area contributed by atoms with Gasteiger partial charge >= 0.3 is 5.63 Å². The summed E-state index contributed by atoms with van der Waals surface area (Å²) < 4.78 is 12.7. The summed E-state index contributed by atoms with van der Waals surface area (Å²) in [6.45, 7) is 1.89. The summed E-state index contributed by atoms with van der Waals surface area (Å²) in [5.74, 6) is 1.96. The van der Waals surface area contributed by atoms with E-state index in [0.29, 0.717) is 22.3 Å². The van der Waals surface area contributed by atoms with Crippen molar-refractivity contribution in [1.82, 2.24) is 14.8 Å². The Labute approximate surface area is 181 Å². The fourth-order valence-electron chi connectivity index (χ4n) is 3.44. The van der Waals surface area contributed by atoms with Crippen LogP contribution in [0.2, 0.25) is 0 Å². The number of thioether (sulfide) groups is 1. The van der Waals surface area contributed by atoms with Crippen molar-refractivity contribution < 1.29 is 13.9 Å². The lowest BCUT2D eigenvalue weighted by Gasteiger charge is -2.10. The smallest absolute Gasteiger partial charge is 0.336 e. The molecule has 0 saturated heterocycles. The van der Waals surface area contributed by atoms with Crippen molar-refractivity contribution in [3.63, 3.8) is 0 Å². The van der Waals surface area contributed by atoms with Gasteiger partial charge < -0.3 is 13.9 Å². The van der Waals surface area contributed by atoms with Gasteiger partial charge in [0, 0.05) is 29.0 Å². The van der Waals surface area contributed by atoms with Gasteiger partial charge in [-0.15, -0.1) is 10.2 Å². The van der Waals surface area contributed by atoms with Crippen molar-refractivity contribution in [3.05, 3.63) is 88.7 Å². The molecule has 31 heavy (non-hydrogen) atoms. The first kappa shape index (κ1) is 19.2. The Morgan fingerprint density at radius 3 is 2.68 bits per heavy atom. The third-order valence-electron chi connectivity index (χ3n) is 4.92. The lowest BCUT2D eigenvalue weighted by Crippen LogP contribution is -2.02. The molecule has 7 nitrogen and oxygen atoms in total. The number of phenolic OH excluding ortho intramolecular Hbond substituents is 1. The van der Waals surface area contributed by atoms with Gasteiger partial charge in [0.05, 0.1) is 11.8 Å². The Kier molecular flexibility index (Phi) is 4.83. The highest BCUT2D eigenvalue weighted by Crippen LogP contribution is 2.33. The first-order valence-electron chi connectivity index (χ1n) is 9.54. The zero-order valence-electron chi connectivity index (χ0n) is 16.5. The van der Waals surface area contributed by atoms with Crippen LogP contribution >= 0.6 is 11.8 Å². The Bertz CT molecular complexity index is 1440. The molecule has 0 aliphatic heterocycles. The van der Waals surface area contributed by atoms with Crippen LogP contribution in [0.4, 0.5) is 0 Å². The molecule has 5 rings (SSSR count). The van der Waals surface area contributed by atoms with Crippen LogP contribution in [0.3, 0.4) is 0 Å². The number of benzene rings is 2. The van der Waals surface area contributed by atoms with Gasteiger partial charge in [-0.1, -0.05) is 30.0 Å². The molecule has 0 radical (unpaired) electrons. The molecule has 1 N–H and O–H groups in total. The van der Waals surface area contributed by atoms with Crippen LogP contribution in [-0.4, -0.2) is 19.9 Å². The van der Waals surface area contributed by atoms with Crippen molar-refractivity contribution in [2.24, 2.45) is 0 Å². The minimum absolute atomic E-state index is 0.0457. The van der Waals surface area contributed by atoms with Crippen LogP contribution < -0.4 is 5.63 Å². The fourth-order valence-corrected chi connectivity index (χ4v) is 4.39. The second-order valence-electron chi connectivity index (χ2n) is 6.93. The quantitative estimate of drug-likeness (QED) is 0.311. The van der Waals surface area contributed by atoms with Crippen molar-refractivity contribution in [3.8, 4) is 22.8 Å². The number of para-hydroxylation sites is 1. The monoisotopic (exact) mass is 431 g/mol. The molecule has 0 saturated carbocycles. The Morgan fingerprint density at radius 2 is 1.90 bits per heavy atom. The van der Waals surface area contributed by atoms with Gasteiger partial charge in [0.15, 0.2) is 11.0 Å². The van der Waals surface area contributed by atoms with E-state index < -0.39 is 5.63 Å². The van der Waals surface area contributed by atoms with Gasteiger partial charge in [-0.2, -0.15) is 0 Å². The van der Waals surface area contributed by atoms with Crippen molar-refractivity contribution in [1.29, 1.82) is 0 Å². The molecule has 0 aliphatic carbocycles. The maximum atomic E-state index is 12.0. The number of nitrogens with zero attached hydrogens (tertiary/aromatic N) is 3. The van der Waals surface area contributed by atoms with Crippen molar-refractivity contribution >= 4 is 22.7 Å². The maximum absolute atomic E-state index is 12.0. The molecule has 154 valence electrons. The molecule has 8 heteroatoms. The van der Waals surface area contributed by atoms with E-state index in [0.717, 1.165) is 28.0 Å². The summed E-state index contributed by atoms with van der Waals surface area (Å²) in [4.78, 5) is 12.0. The molecule has 0 spiro atoms. The fraction of sp³-hybridized carbons (Fsp3) is 0.0870. The van der Waals surface area contributed by atoms with Crippen LogP contribution in [-0.2, 0) is 5.75 Å². The molecule has 0 aliphatic rings. The summed E-state index contributed by atoms with van der Waals surface area (Å²) in [7, 11) is 0. The van der Waals surface area contributed by atoms with E-state index in [4.69, 9.17) is 8.83 Å². The number of phenols is 1. The number of hydrogen-bond donors (Lipinski definition) is 1. The lowest BCUT2D eigenvalue weighted by atomic mass is 10.1. The highest BCUT2D eigenvalue weighted by molar-refractivity contribution is 7.98. The maximum Gasteiger partial charge on any atom is 0.336 e. The van der Waals surface area contributed by atoms with Gasteiger partial charge in [-0.25, -0.2) is 4.79 Å². The zero-order valence-corrected chi connectivity index (χ0v) is 17.3. The average Bonchev–Trinajstić information content (AvgIpc) is 3.37. The summed E-state index contributed by atoms with van der Waals surface area (Å²) in [6, 6.07) is 17.9. The summed E-state index contributed by atoms with van der Waals surface area (Å²) in [6.07, 6.45) is 1.63. The summed E-state index contributed by atoms with van der Waals surface area (Å²) in [5, 5.41) is 20.0. The van der Waals surface area contributed by atoms with Crippen LogP contribution in [0.1, 0.15) is 11.3 Å². The van der Waals surface area contributed by atoms with Gasteiger partial charge in [0.2, 0.25) is 0 Å². The summed E-state index contributed by atoms with van der Waals surface area (Å²) >= 11 is 1.46. The molecule has 2 aromatic carbocycles. The molecule has 0 atom stereocenters. The number of furan rings is 1. The van der Waals surface area contributed by atoms with Gasteiger partial charge in [-0.05, 0) is 42.8 Å². The number of aromatic hydroxyl groups is 1. The van der Waals surface area contributed by atoms with E-state index in [-0.39, 0.29) is 5.75 Å². The van der Waals surface area contributed by atoms with Crippen molar-refractivity contribution in [2.75, 3.05) is 0 Å². The molecule has 3 heterocycles. The second-order valence-corrected chi connectivity index (χ2v) is 7.87.